The number of benzene rings is 1. The minimum atomic E-state index is -0.503. The highest BCUT2D eigenvalue weighted by Crippen LogP contribution is 2.19. The van der Waals surface area contributed by atoms with Crippen LogP contribution in [-0.2, 0) is 6.42 Å². The molecule has 0 aliphatic heterocycles. The standard InChI is InChI=1S/C18H24N2O/c1-3-14-5-7-15(8-6-14)17(4-2)20-13-18(21)16-9-11-19-12-10-16/h5-12,17-18,20-21H,3-4,13H2,1-2H3. The number of aromatic nitrogens is 1. The predicted octanol–water partition coefficient (Wildman–Crippen LogP) is 3.42. The van der Waals surface area contributed by atoms with E-state index in [1.165, 1.54) is 11.1 Å². The number of aliphatic hydroxyl groups is 1. The maximum absolute atomic E-state index is 10.2. The van der Waals surface area contributed by atoms with Gasteiger partial charge in [-0.2, -0.15) is 0 Å². The predicted molar refractivity (Wildman–Crippen MR) is 86.1 cm³/mol. The Bertz CT molecular complexity index is 525. The molecule has 0 saturated carbocycles. The topological polar surface area (TPSA) is 45.1 Å². The van der Waals surface area contributed by atoms with Crippen LogP contribution in [0.4, 0.5) is 0 Å². The molecule has 0 fully saturated rings. The summed E-state index contributed by atoms with van der Waals surface area (Å²) in [6.07, 6.45) is 4.97. The molecule has 0 aliphatic rings. The summed E-state index contributed by atoms with van der Waals surface area (Å²) in [4.78, 5) is 3.97. The molecule has 1 aromatic heterocycles. The van der Waals surface area contributed by atoms with Crippen LogP contribution in [0.25, 0.3) is 0 Å². The van der Waals surface area contributed by atoms with Crippen molar-refractivity contribution in [1.82, 2.24) is 10.3 Å². The van der Waals surface area contributed by atoms with E-state index in [9.17, 15) is 5.11 Å². The zero-order chi connectivity index (χ0) is 15.1. The Kier molecular flexibility index (Phi) is 5.90. The van der Waals surface area contributed by atoms with Gasteiger partial charge in [0, 0.05) is 25.0 Å². The van der Waals surface area contributed by atoms with Gasteiger partial charge in [-0.1, -0.05) is 38.1 Å². The first kappa shape index (κ1) is 15.7. The van der Waals surface area contributed by atoms with Crippen LogP contribution < -0.4 is 5.32 Å². The van der Waals surface area contributed by atoms with Crippen molar-refractivity contribution in [3.63, 3.8) is 0 Å². The summed E-state index contributed by atoms with van der Waals surface area (Å²) in [7, 11) is 0. The number of hydrogen-bond acceptors (Lipinski definition) is 3. The Labute approximate surface area is 127 Å². The van der Waals surface area contributed by atoms with Crippen molar-refractivity contribution < 1.29 is 5.11 Å². The fraction of sp³-hybridized carbons (Fsp3) is 0.389. The first-order valence-electron chi connectivity index (χ1n) is 7.64. The summed E-state index contributed by atoms with van der Waals surface area (Å²) >= 11 is 0. The Balaban J connectivity index is 1.95. The van der Waals surface area contributed by atoms with Gasteiger partial charge in [-0.15, -0.1) is 0 Å². The molecule has 0 spiro atoms. The molecular weight excluding hydrogens is 260 g/mol. The summed E-state index contributed by atoms with van der Waals surface area (Å²) in [5.41, 5.74) is 3.52. The van der Waals surface area contributed by atoms with Gasteiger partial charge in [0.15, 0.2) is 0 Å². The highest BCUT2D eigenvalue weighted by molar-refractivity contribution is 5.25. The van der Waals surface area contributed by atoms with E-state index in [1.807, 2.05) is 12.1 Å². The quantitative estimate of drug-likeness (QED) is 0.819. The van der Waals surface area contributed by atoms with E-state index in [0.29, 0.717) is 6.54 Å². The average Bonchev–Trinajstić information content (AvgIpc) is 2.56. The Morgan fingerprint density at radius 2 is 1.67 bits per heavy atom. The average molecular weight is 284 g/mol. The van der Waals surface area contributed by atoms with Crippen LogP contribution in [0.3, 0.4) is 0 Å². The van der Waals surface area contributed by atoms with Crippen LogP contribution in [-0.4, -0.2) is 16.6 Å². The van der Waals surface area contributed by atoms with Gasteiger partial charge in [0.2, 0.25) is 0 Å². The Morgan fingerprint density at radius 3 is 2.24 bits per heavy atom. The van der Waals surface area contributed by atoms with Crippen LogP contribution in [0, 0.1) is 0 Å². The molecule has 2 unspecified atom stereocenters. The second kappa shape index (κ2) is 7.91. The van der Waals surface area contributed by atoms with Crippen molar-refractivity contribution >= 4 is 0 Å². The molecule has 2 rings (SSSR count). The fourth-order valence-corrected chi connectivity index (χ4v) is 2.44. The largest absolute Gasteiger partial charge is 0.387 e. The molecular formula is C18H24N2O. The normalized spacial score (nSPS) is 13.9. The first-order chi connectivity index (χ1) is 10.2. The molecule has 0 saturated heterocycles. The minimum Gasteiger partial charge on any atom is -0.387 e. The van der Waals surface area contributed by atoms with Gasteiger partial charge in [-0.05, 0) is 41.7 Å². The van der Waals surface area contributed by atoms with Crippen LogP contribution in [0.1, 0.15) is 49.1 Å². The molecule has 2 N–H and O–H groups in total. The van der Waals surface area contributed by atoms with Gasteiger partial charge < -0.3 is 10.4 Å². The number of rotatable bonds is 7. The van der Waals surface area contributed by atoms with Crippen LogP contribution in [0.5, 0.6) is 0 Å². The fourth-order valence-electron chi connectivity index (χ4n) is 2.44. The summed E-state index contributed by atoms with van der Waals surface area (Å²) in [6.45, 7) is 4.86. The zero-order valence-corrected chi connectivity index (χ0v) is 12.8. The Morgan fingerprint density at radius 1 is 1.00 bits per heavy atom. The van der Waals surface area contributed by atoms with E-state index >= 15 is 0 Å². The highest BCUT2D eigenvalue weighted by atomic mass is 16.3. The molecule has 2 atom stereocenters. The lowest BCUT2D eigenvalue weighted by atomic mass is 10.0. The summed E-state index contributed by atoms with van der Waals surface area (Å²) in [6, 6.07) is 12.7. The van der Waals surface area contributed by atoms with Crippen LogP contribution in [0.2, 0.25) is 0 Å². The molecule has 0 radical (unpaired) electrons. The molecule has 2 aromatic rings. The van der Waals surface area contributed by atoms with Crippen LogP contribution in [0.15, 0.2) is 48.8 Å². The molecule has 0 bridgehead atoms. The second-order valence-electron chi connectivity index (χ2n) is 5.26. The van der Waals surface area contributed by atoms with Gasteiger partial charge in [0.1, 0.15) is 0 Å². The van der Waals surface area contributed by atoms with Gasteiger partial charge in [-0.25, -0.2) is 0 Å². The van der Waals surface area contributed by atoms with E-state index in [4.69, 9.17) is 0 Å². The van der Waals surface area contributed by atoms with Gasteiger partial charge in [0.05, 0.1) is 6.10 Å². The minimum absolute atomic E-state index is 0.271. The number of hydrogen-bond donors (Lipinski definition) is 2. The van der Waals surface area contributed by atoms with E-state index in [1.54, 1.807) is 12.4 Å². The van der Waals surface area contributed by atoms with E-state index in [2.05, 4.69) is 48.4 Å². The molecule has 21 heavy (non-hydrogen) atoms. The van der Waals surface area contributed by atoms with Crippen molar-refractivity contribution in [3.05, 3.63) is 65.5 Å². The number of nitrogens with zero attached hydrogens (tertiary/aromatic N) is 1. The van der Waals surface area contributed by atoms with E-state index in [0.717, 1.165) is 18.4 Å². The lowest BCUT2D eigenvalue weighted by Crippen LogP contribution is -2.26. The number of aryl methyl sites for hydroxylation is 1. The second-order valence-corrected chi connectivity index (χ2v) is 5.26. The monoisotopic (exact) mass is 284 g/mol. The van der Waals surface area contributed by atoms with Crippen molar-refractivity contribution in [3.8, 4) is 0 Å². The smallest absolute Gasteiger partial charge is 0.0915 e. The Hall–Kier alpha value is -1.71. The summed E-state index contributed by atoms with van der Waals surface area (Å²) in [5, 5.41) is 13.7. The lowest BCUT2D eigenvalue weighted by Gasteiger charge is -2.20. The van der Waals surface area contributed by atoms with Crippen molar-refractivity contribution in [2.75, 3.05) is 6.54 Å². The highest BCUT2D eigenvalue weighted by Gasteiger charge is 2.12. The number of aliphatic hydroxyl groups excluding tert-OH is 1. The molecule has 112 valence electrons. The number of pyridine rings is 1. The van der Waals surface area contributed by atoms with Crippen LogP contribution >= 0.6 is 0 Å². The maximum Gasteiger partial charge on any atom is 0.0915 e. The van der Waals surface area contributed by atoms with Gasteiger partial charge in [-0.3, -0.25) is 4.98 Å². The van der Waals surface area contributed by atoms with E-state index < -0.39 is 6.10 Å². The molecule has 1 heterocycles. The molecule has 0 amide bonds. The zero-order valence-electron chi connectivity index (χ0n) is 12.8. The van der Waals surface area contributed by atoms with Gasteiger partial charge in [0.25, 0.3) is 0 Å². The summed E-state index contributed by atoms with van der Waals surface area (Å²) in [5.74, 6) is 0. The van der Waals surface area contributed by atoms with Crippen molar-refractivity contribution in [2.45, 2.75) is 38.8 Å². The van der Waals surface area contributed by atoms with Gasteiger partial charge >= 0.3 is 0 Å². The van der Waals surface area contributed by atoms with Crippen molar-refractivity contribution in [1.29, 1.82) is 0 Å². The number of nitrogens with one attached hydrogen (secondary N) is 1. The third kappa shape index (κ3) is 4.38. The van der Waals surface area contributed by atoms with Crippen molar-refractivity contribution in [2.24, 2.45) is 0 Å². The summed E-state index contributed by atoms with van der Waals surface area (Å²) < 4.78 is 0. The molecule has 0 aliphatic carbocycles. The SMILES string of the molecule is CCc1ccc(C(CC)NCC(O)c2ccncc2)cc1. The molecule has 1 aromatic carbocycles. The third-order valence-corrected chi connectivity index (χ3v) is 3.85. The third-order valence-electron chi connectivity index (χ3n) is 3.85. The first-order valence-corrected chi connectivity index (χ1v) is 7.64. The van der Waals surface area contributed by atoms with E-state index in [-0.39, 0.29) is 6.04 Å². The molecule has 3 nitrogen and oxygen atoms in total. The lowest BCUT2D eigenvalue weighted by molar-refractivity contribution is 0.169. The maximum atomic E-state index is 10.2. The molecule has 3 heteroatoms.